The van der Waals surface area contributed by atoms with Crippen LogP contribution in [0.3, 0.4) is 0 Å². The van der Waals surface area contributed by atoms with E-state index in [-0.39, 0.29) is 6.04 Å². The van der Waals surface area contributed by atoms with Gasteiger partial charge < -0.3 is 5.32 Å². The summed E-state index contributed by atoms with van der Waals surface area (Å²) < 4.78 is 1.84. The van der Waals surface area contributed by atoms with E-state index in [1.165, 1.54) is 16.3 Å². The van der Waals surface area contributed by atoms with Crippen LogP contribution in [0.15, 0.2) is 55.1 Å². The Bertz CT molecular complexity index is 661. The number of fused-ring (bicyclic) bond motifs is 1. The molecule has 3 rings (SSSR count). The molecular formula is C15H16N4. The fourth-order valence-corrected chi connectivity index (χ4v) is 2.30. The van der Waals surface area contributed by atoms with Gasteiger partial charge in [-0.1, -0.05) is 36.4 Å². The SMILES string of the molecule is CNC(Cn1cncn1)c1ccc2ccccc2c1. The molecule has 1 aromatic heterocycles. The standard InChI is InChI=1S/C15H16N4/c1-16-15(9-19-11-17-10-18-19)14-7-6-12-4-2-3-5-13(12)8-14/h2-8,10-11,15-16H,9H2,1H3. The van der Waals surface area contributed by atoms with Crippen LogP contribution in [0.4, 0.5) is 0 Å². The van der Waals surface area contributed by atoms with E-state index in [2.05, 4.69) is 57.9 Å². The number of aromatic nitrogens is 3. The smallest absolute Gasteiger partial charge is 0.137 e. The van der Waals surface area contributed by atoms with Crippen LogP contribution >= 0.6 is 0 Å². The first-order chi connectivity index (χ1) is 9.36. The van der Waals surface area contributed by atoms with Gasteiger partial charge in [-0.05, 0) is 29.4 Å². The van der Waals surface area contributed by atoms with E-state index in [9.17, 15) is 0 Å². The van der Waals surface area contributed by atoms with E-state index >= 15 is 0 Å². The van der Waals surface area contributed by atoms with Crippen molar-refractivity contribution in [2.75, 3.05) is 7.05 Å². The zero-order chi connectivity index (χ0) is 13.1. The summed E-state index contributed by atoms with van der Waals surface area (Å²) in [7, 11) is 1.97. The Balaban J connectivity index is 1.92. The van der Waals surface area contributed by atoms with Crippen molar-refractivity contribution >= 4 is 10.8 Å². The highest BCUT2D eigenvalue weighted by Crippen LogP contribution is 2.21. The Labute approximate surface area is 112 Å². The number of nitrogens with one attached hydrogen (secondary N) is 1. The number of nitrogens with zero attached hydrogens (tertiary/aromatic N) is 3. The lowest BCUT2D eigenvalue weighted by Crippen LogP contribution is -2.22. The van der Waals surface area contributed by atoms with Crippen LogP contribution in [0.1, 0.15) is 11.6 Å². The van der Waals surface area contributed by atoms with Gasteiger partial charge in [0.05, 0.1) is 12.6 Å². The predicted octanol–water partition coefficient (Wildman–Crippen LogP) is 2.39. The van der Waals surface area contributed by atoms with Crippen LogP contribution in [0.25, 0.3) is 10.8 Å². The minimum Gasteiger partial charge on any atom is -0.311 e. The molecule has 0 amide bonds. The molecule has 2 aromatic carbocycles. The minimum atomic E-state index is 0.228. The van der Waals surface area contributed by atoms with E-state index < -0.39 is 0 Å². The van der Waals surface area contributed by atoms with Gasteiger partial charge in [0.1, 0.15) is 12.7 Å². The lowest BCUT2D eigenvalue weighted by Gasteiger charge is -2.17. The predicted molar refractivity (Wildman–Crippen MR) is 75.8 cm³/mol. The molecule has 0 radical (unpaired) electrons. The quantitative estimate of drug-likeness (QED) is 0.775. The van der Waals surface area contributed by atoms with E-state index in [0.29, 0.717) is 0 Å². The van der Waals surface area contributed by atoms with Crippen LogP contribution < -0.4 is 5.32 Å². The van der Waals surface area contributed by atoms with Crippen molar-refractivity contribution in [3.63, 3.8) is 0 Å². The first-order valence-electron chi connectivity index (χ1n) is 6.35. The van der Waals surface area contributed by atoms with E-state index in [1.54, 1.807) is 12.7 Å². The van der Waals surface area contributed by atoms with Gasteiger partial charge in [-0.25, -0.2) is 4.98 Å². The normalized spacial score (nSPS) is 12.7. The molecule has 0 saturated carbocycles. The van der Waals surface area contributed by atoms with Crippen molar-refractivity contribution in [1.82, 2.24) is 20.1 Å². The third-order valence-electron chi connectivity index (χ3n) is 3.36. The van der Waals surface area contributed by atoms with Crippen LogP contribution in [0.5, 0.6) is 0 Å². The van der Waals surface area contributed by atoms with Crippen LogP contribution in [-0.4, -0.2) is 21.8 Å². The first-order valence-corrected chi connectivity index (χ1v) is 6.35. The highest BCUT2D eigenvalue weighted by molar-refractivity contribution is 5.83. The van der Waals surface area contributed by atoms with E-state index in [0.717, 1.165) is 6.54 Å². The lowest BCUT2D eigenvalue weighted by atomic mass is 10.0. The van der Waals surface area contributed by atoms with Crippen molar-refractivity contribution < 1.29 is 0 Å². The summed E-state index contributed by atoms with van der Waals surface area (Å²) in [5.74, 6) is 0. The molecule has 1 N–H and O–H groups in total. The summed E-state index contributed by atoms with van der Waals surface area (Å²) >= 11 is 0. The summed E-state index contributed by atoms with van der Waals surface area (Å²) in [4.78, 5) is 3.98. The Kier molecular flexibility index (Phi) is 3.25. The van der Waals surface area contributed by atoms with Crippen molar-refractivity contribution in [3.8, 4) is 0 Å². The largest absolute Gasteiger partial charge is 0.311 e. The summed E-state index contributed by atoms with van der Waals surface area (Å²) in [5.41, 5.74) is 1.26. The van der Waals surface area contributed by atoms with Gasteiger partial charge >= 0.3 is 0 Å². The number of hydrogen-bond acceptors (Lipinski definition) is 3. The maximum Gasteiger partial charge on any atom is 0.137 e. The van der Waals surface area contributed by atoms with Crippen molar-refractivity contribution in [2.24, 2.45) is 0 Å². The third-order valence-corrected chi connectivity index (χ3v) is 3.36. The Morgan fingerprint density at radius 2 is 2.00 bits per heavy atom. The van der Waals surface area contributed by atoms with Gasteiger partial charge in [0, 0.05) is 0 Å². The molecule has 0 spiro atoms. The van der Waals surface area contributed by atoms with Gasteiger partial charge in [0.15, 0.2) is 0 Å². The molecule has 1 atom stereocenters. The molecule has 4 nitrogen and oxygen atoms in total. The fourth-order valence-electron chi connectivity index (χ4n) is 2.30. The van der Waals surface area contributed by atoms with Crippen molar-refractivity contribution in [3.05, 3.63) is 60.7 Å². The zero-order valence-corrected chi connectivity index (χ0v) is 10.8. The summed E-state index contributed by atoms with van der Waals surface area (Å²) in [5, 5.41) is 10.0. The summed E-state index contributed by atoms with van der Waals surface area (Å²) in [6.45, 7) is 0.773. The van der Waals surface area contributed by atoms with Crippen molar-refractivity contribution in [1.29, 1.82) is 0 Å². The third kappa shape index (κ3) is 2.48. The highest BCUT2D eigenvalue weighted by atomic mass is 15.3. The Hall–Kier alpha value is -2.20. The Morgan fingerprint density at radius 1 is 1.16 bits per heavy atom. The summed E-state index contributed by atoms with van der Waals surface area (Å²) in [6.07, 6.45) is 3.30. The molecule has 0 fully saturated rings. The molecule has 0 aliphatic heterocycles. The van der Waals surface area contributed by atoms with Crippen LogP contribution in [0.2, 0.25) is 0 Å². The average molecular weight is 252 g/mol. The highest BCUT2D eigenvalue weighted by Gasteiger charge is 2.10. The van der Waals surface area contributed by atoms with Gasteiger partial charge in [0.2, 0.25) is 0 Å². The second kappa shape index (κ2) is 5.20. The summed E-state index contributed by atoms with van der Waals surface area (Å²) in [6, 6.07) is 15.2. The minimum absolute atomic E-state index is 0.228. The number of benzene rings is 2. The van der Waals surface area contributed by atoms with Crippen LogP contribution in [-0.2, 0) is 6.54 Å². The first kappa shape index (κ1) is 11.9. The molecule has 0 aliphatic carbocycles. The second-order valence-corrected chi connectivity index (χ2v) is 4.57. The molecule has 0 bridgehead atoms. The Morgan fingerprint density at radius 3 is 2.74 bits per heavy atom. The van der Waals surface area contributed by atoms with E-state index in [4.69, 9.17) is 0 Å². The molecule has 1 heterocycles. The van der Waals surface area contributed by atoms with Gasteiger partial charge in [0.25, 0.3) is 0 Å². The topological polar surface area (TPSA) is 42.7 Å². The molecule has 96 valence electrons. The van der Waals surface area contributed by atoms with Gasteiger partial charge in [-0.3, -0.25) is 4.68 Å². The van der Waals surface area contributed by atoms with Gasteiger partial charge in [-0.2, -0.15) is 5.10 Å². The molecule has 4 heteroatoms. The van der Waals surface area contributed by atoms with Crippen LogP contribution in [0, 0.1) is 0 Å². The zero-order valence-electron chi connectivity index (χ0n) is 10.8. The number of hydrogen-bond donors (Lipinski definition) is 1. The molecule has 0 aliphatic rings. The molecule has 1 unspecified atom stereocenters. The molecule has 0 saturated heterocycles. The number of likely N-dealkylation sites (N-methyl/N-ethyl adjacent to an activating group) is 1. The molecular weight excluding hydrogens is 236 g/mol. The second-order valence-electron chi connectivity index (χ2n) is 4.57. The lowest BCUT2D eigenvalue weighted by molar-refractivity contribution is 0.468. The maximum absolute atomic E-state index is 4.16. The van der Waals surface area contributed by atoms with E-state index in [1.807, 2.05) is 11.7 Å². The monoisotopic (exact) mass is 252 g/mol. The molecule has 19 heavy (non-hydrogen) atoms. The number of rotatable bonds is 4. The van der Waals surface area contributed by atoms with Crippen molar-refractivity contribution in [2.45, 2.75) is 12.6 Å². The van der Waals surface area contributed by atoms with Gasteiger partial charge in [-0.15, -0.1) is 0 Å². The maximum atomic E-state index is 4.16. The average Bonchev–Trinajstić information content (AvgIpc) is 2.97. The fraction of sp³-hybridized carbons (Fsp3) is 0.200. The molecule has 3 aromatic rings.